The summed E-state index contributed by atoms with van der Waals surface area (Å²) in [6.45, 7) is 2.90. The van der Waals surface area contributed by atoms with E-state index < -0.39 is 0 Å². The molecule has 3 heteroatoms. The van der Waals surface area contributed by atoms with Crippen LogP contribution in [0.5, 0.6) is 5.75 Å². The molecule has 0 aromatic heterocycles. The van der Waals surface area contributed by atoms with Gasteiger partial charge < -0.3 is 10.1 Å². The molecule has 3 rings (SSSR count). The van der Waals surface area contributed by atoms with Crippen molar-refractivity contribution in [1.29, 1.82) is 0 Å². The van der Waals surface area contributed by atoms with Crippen molar-refractivity contribution >= 4 is 0 Å². The van der Waals surface area contributed by atoms with E-state index in [0.29, 0.717) is 18.4 Å². The first-order chi connectivity index (χ1) is 7.84. The first kappa shape index (κ1) is 10.1. The molecule has 1 unspecified atom stereocenters. The maximum absolute atomic E-state index is 13.0. The van der Waals surface area contributed by atoms with E-state index in [2.05, 4.69) is 5.32 Å². The number of benzene rings is 1. The van der Waals surface area contributed by atoms with Crippen LogP contribution in [0.25, 0.3) is 0 Å². The quantitative estimate of drug-likeness (QED) is 0.785. The molecule has 86 valence electrons. The van der Waals surface area contributed by atoms with Gasteiger partial charge in [0.05, 0.1) is 6.61 Å². The predicted molar refractivity (Wildman–Crippen MR) is 60.2 cm³/mol. The summed E-state index contributed by atoms with van der Waals surface area (Å²) < 4.78 is 18.6. The van der Waals surface area contributed by atoms with E-state index in [1.807, 2.05) is 6.07 Å². The van der Waals surface area contributed by atoms with Crippen LogP contribution in [0.2, 0.25) is 0 Å². The highest BCUT2D eigenvalue weighted by atomic mass is 19.1. The monoisotopic (exact) mass is 221 g/mol. The van der Waals surface area contributed by atoms with E-state index >= 15 is 0 Å². The first-order valence-electron chi connectivity index (χ1n) is 5.97. The Morgan fingerprint density at radius 1 is 1.38 bits per heavy atom. The molecule has 2 aliphatic heterocycles. The second-order valence-electron chi connectivity index (χ2n) is 4.71. The number of nitrogens with one attached hydrogen (secondary N) is 1. The largest absolute Gasteiger partial charge is 0.493 e. The van der Waals surface area contributed by atoms with E-state index in [0.717, 1.165) is 18.8 Å². The number of ether oxygens (including phenoxy) is 1. The van der Waals surface area contributed by atoms with Gasteiger partial charge in [-0.1, -0.05) is 6.07 Å². The van der Waals surface area contributed by atoms with Crippen LogP contribution in [-0.4, -0.2) is 19.7 Å². The molecular weight excluding hydrogens is 205 g/mol. The minimum atomic E-state index is -0.207. The molecule has 1 fully saturated rings. The van der Waals surface area contributed by atoms with Gasteiger partial charge in [0.2, 0.25) is 0 Å². The summed E-state index contributed by atoms with van der Waals surface area (Å²) in [6.07, 6.45) is 2.48. The van der Waals surface area contributed by atoms with Gasteiger partial charge in [-0.15, -0.1) is 0 Å². The Bertz CT molecular complexity index is 388. The zero-order valence-electron chi connectivity index (χ0n) is 9.21. The molecule has 2 heterocycles. The third-order valence-electron chi connectivity index (χ3n) is 3.70. The lowest BCUT2D eigenvalue weighted by Gasteiger charge is -2.27. The topological polar surface area (TPSA) is 21.3 Å². The van der Waals surface area contributed by atoms with Crippen LogP contribution in [0.4, 0.5) is 4.39 Å². The first-order valence-corrected chi connectivity index (χ1v) is 5.97. The molecule has 2 nitrogen and oxygen atoms in total. The Kier molecular flexibility index (Phi) is 2.56. The molecule has 0 bridgehead atoms. The molecule has 1 aromatic carbocycles. The number of hydrogen-bond acceptors (Lipinski definition) is 2. The summed E-state index contributed by atoms with van der Waals surface area (Å²) in [5, 5.41) is 3.42. The molecule has 1 aromatic rings. The van der Waals surface area contributed by atoms with Crippen LogP contribution in [0.3, 0.4) is 0 Å². The number of piperidine rings is 1. The van der Waals surface area contributed by atoms with Crippen molar-refractivity contribution in [2.75, 3.05) is 19.7 Å². The van der Waals surface area contributed by atoms with E-state index in [1.165, 1.54) is 30.5 Å². The lowest BCUT2D eigenvalue weighted by Crippen LogP contribution is -2.33. The highest BCUT2D eigenvalue weighted by Crippen LogP contribution is 2.40. The lowest BCUT2D eigenvalue weighted by atomic mass is 9.83. The van der Waals surface area contributed by atoms with Gasteiger partial charge in [0.15, 0.2) is 0 Å². The second-order valence-corrected chi connectivity index (χ2v) is 4.71. The van der Waals surface area contributed by atoms with Gasteiger partial charge in [-0.3, -0.25) is 0 Å². The molecule has 1 N–H and O–H groups in total. The van der Waals surface area contributed by atoms with Crippen LogP contribution < -0.4 is 10.1 Å². The van der Waals surface area contributed by atoms with Crippen molar-refractivity contribution in [2.45, 2.75) is 18.8 Å². The molecule has 0 spiro atoms. The highest BCUT2D eigenvalue weighted by molar-refractivity contribution is 5.40. The molecule has 0 saturated carbocycles. The Morgan fingerprint density at radius 2 is 2.31 bits per heavy atom. The van der Waals surface area contributed by atoms with Crippen molar-refractivity contribution in [3.8, 4) is 5.75 Å². The maximum atomic E-state index is 13.0. The maximum Gasteiger partial charge on any atom is 0.126 e. The van der Waals surface area contributed by atoms with Crippen LogP contribution in [0.15, 0.2) is 18.2 Å². The summed E-state index contributed by atoms with van der Waals surface area (Å²) in [5.74, 6) is 1.63. The Morgan fingerprint density at radius 3 is 3.12 bits per heavy atom. The summed E-state index contributed by atoms with van der Waals surface area (Å²) in [4.78, 5) is 0. The van der Waals surface area contributed by atoms with Crippen LogP contribution in [0, 0.1) is 11.7 Å². The van der Waals surface area contributed by atoms with E-state index in [-0.39, 0.29) is 5.82 Å². The molecular formula is C13H16FNO. The van der Waals surface area contributed by atoms with Crippen molar-refractivity contribution in [1.82, 2.24) is 5.32 Å². The predicted octanol–water partition coefficient (Wildman–Crippen LogP) is 2.30. The number of halogens is 1. The average molecular weight is 221 g/mol. The number of rotatable bonds is 1. The van der Waals surface area contributed by atoms with E-state index in [9.17, 15) is 4.39 Å². The SMILES string of the molecule is Fc1ccc2c(c1)OCC2[C@H]1CCCNC1. The fourth-order valence-electron chi connectivity index (χ4n) is 2.82. The summed E-state index contributed by atoms with van der Waals surface area (Å²) in [5.41, 5.74) is 1.19. The zero-order valence-corrected chi connectivity index (χ0v) is 9.21. The van der Waals surface area contributed by atoms with Crippen LogP contribution in [0.1, 0.15) is 24.3 Å². The molecule has 0 amide bonds. The average Bonchev–Trinajstić information content (AvgIpc) is 2.73. The molecule has 2 atom stereocenters. The number of hydrogen-bond donors (Lipinski definition) is 1. The molecule has 2 aliphatic rings. The standard InChI is InChI=1S/C13H16FNO/c14-10-3-4-11-12(8-16-13(11)6-10)9-2-1-5-15-7-9/h3-4,6,9,12,15H,1-2,5,7-8H2/t9-,12?/m0/s1. The van der Waals surface area contributed by atoms with Crippen LogP contribution in [-0.2, 0) is 0 Å². The van der Waals surface area contributed by atoms with E-state index in [4.69, 9.17) is 4.74 Å². The third kappa shape index (κ3) is 1.69. The van der Waals surface area contributed by atoms with Crippen molar-refractivity contribution in [3.05, 3.63) is 29.6 Å². The normalized spacial score (nSPS) is 28.6. The van der Waals surface area contributed by atoms with Gasteiger partial charge in [0.25, 0.3) is 0 Å². The van der Waals surface area contributed by atoms with Gasteiger partial charge in [-0.2, -0.15) is 0 Å². The van der Waals surface area contributed by atoms with Gasteiger partial charge in [0, 0.05) is 17.5 Å². The van der Waals surface area contributed by atoms with Crippen molar-refractivity contribution < 1.29 is 9.13 Å². The molecule has 0 aliphatic carbocycles. The Labute approximate surface area is 94.8 Å². The zero-order chi connectivity index (χ0) is 11.0. The van der Waals surface area contributed by atoms with Crippen LogP contribution >= 0.6 is 0 Å². The summed E-state index contributed by atoms with van der Waals surface area (Å²) in [6, 6.07) is 4.93. The van der Waals surface area contributed by atoms with Gasteiger partial charge in [0.1, 0.15) is 11.6 Å². The second kappa shape index (κ2) is 4.06. The Hall–Kier alpha value is -1.09. The molecule has 16 heavy (non-hydrogen) atoms. The van der Waals surface area contributed by atoms with Gasteiger partial charge in [-0.25, -0.2) is 4.39 Å². The van der Waals surface area contributed by atoms with Gasteiger partial charge >= 0.3 is 0 Å². The Balaban J connectivity index is 1.84. The molecule has 1 saturated heterocycles. The number of fused-ring (bicyclic) bond motifs is 1. The summed E-state index contributed by atoms with van der Waals surface area (Å²) >= 11 is 0. The van der Waals surface area contributed by atoms with Gasteiger partial charge in [-0.05, 0) is 37.9 Å². The highest BCUT2D eigenvalue weighted by Gasteiger charge is 2.32. The minimum absolute atomic E-state index is 0.207. The van der Waals surface area contributed by atoms with Crippen molar-refractivity contribution in [3.63, 3.8) is 0 Å². The molecule has 0 radical (unpaired) electrons. The smallest absolute Gasteiger partial charge is 0.126 e. The van der Waals surface area contributed by atoms with E-state index in [1.54, 1.807) is 0 Å². The fraction of sp³-hybridized carbons (Fsp3) is 0.538. The summed E-state index contributed by atoms with van der Waals surface area (Å²) in [7, 11) is 0. The fourth-order valence-corrected chi connectivity index (χ4v) is 2.82. The van der Waals surface area contributed by atoms with Crippen molar-refractivity contribution in [2.24, 2.45) is 5.92 Å². The minimum Gasteiger partial charge on any atom is -0.493 e. The third-order valence-corrected chi connectivity index (χ3v) is 3.70. The lowest BCUT2D eigenvalue weighted by molar-refractivity contribution is 0.257.